The van der Waals surface area contributed by atoms with E-state index < -0.39 is 46.3 Å². The third-order valence-corrected chi connectivity index (χ3v) is 17.7. The Morgan fingerprint density at radius 1 is 0.415 bits per heavy atom. The lowest BCUT2D eigenvalue weighted by Gasteiger charge is -2.17. The normalized spacial score (nSPS) is 15.6. The topological polar surface area (TPSA) is 335 Å². The van der Waals surface area contributed by atoms with Crippen LogP contribution in [-0.2, 0) is 33.6 Å². The number of Topliss-reactive ketones (excluding diaryl/α,β-unsaturated/α-hetero) is 11. The van der Waals surface area contributed by atoms with Gasteiger partial charge in [0.2, 0.25) is 29.0 Å². The van der Waals surface area contributed by atoms with Gasteiger partial charge in [0.1, 0.15) is 86.2 Å². The van der Waals surface area contributed by atoms with E-state index in [-0.39, 0.29) is 106 Å². The standard InChI is InChI=1S/C23H22N2O4.C19H18N2O3.C17H16N2O3.C14H13N3O2/c1-11(2)22-24-18-15-8-3-12(10-17(26)13-4-5-13)9-16(15)20(27)21(28)19(18)25(22)23(29)14-6-7-14;1-9(2)19-20-15-12-6-3-10(8-14(22)11-4-5-11)7-13(12)17(23)18(24)16(15)21-19;1-8(2)17-18-13-11-5-4-10(6-9(3)20)7-12(11)15(21)16(22)14(13)19-17;1-6(2)14-16-10-8-4-3-7(15)5-9(8)12(18)13(19)11(10)17-14/h3,8-9,11,13-14H,4-7,10H2,1-2H3;3,6-7,9,11H,4-5,8H2,1-2H3,(H,20,21);4-5,7-8H,6H2,1-3H3,(H,18,19);3-6H,15H2,1-2H3,(H,16,17). The number of aromatic nitrogens is 8. The van der Waals surface area contributed by atoms with Crippen molar-refractivity contribution >= 4 is 75.2 Å². The predicted octanol–water partition coefficient (Wildman–Crippen LogP) is 11.6. The molecule has 3 fully saturated rings. The maximum atomic E-state index is 13.0. The number of aromatic amines is 3. The number of benzene rings is 4. The number of rotatable bonds is 13. The van der Waals surface area contributed by atoms with Crippen LogP contribution in [0.4, 0.5) is 5.69 Å². The Balaban J connectivity index is 0.000000122. The number of hydrogen-bond acceptors (Lipinski definition) is 17. The van der Waals surface area contributed by atoms with Crippen LogP contribution in [0.1, 0.15) is 253 Å². The Morgan fingerprint density at radius 2 is 0.755 bits per heavy atom. The zero-order chi connectivity index (χ0) is 67.2. The number of nitrogen functional groups attached to an aromatic ring is 1. The van der Waals surface area contributed by atoms with Crippen LogP contribution >= 0.6 is 0 Å². The Hall–Kier alpha value is -10.4. The van der Waals surface area contributed by atoms with Gasteiger partial charge in [-0.2, -0.15) is 0 Å². The molecule has 0 spiro atoms. The molecule has 5 N–H and O–H groups in total. The van der Waals surface area contributed by atoms with E-state index in [1.807, 2.05) is 67.5 Å². The molecule has 3 saturated carbocycles. The average Bonchev–Trinajstić information content (AvgIpc) is 1.75. The lowest BCUT2D eigenvalue weighted by molar-refractivity contribution is -0.120. The van der Waals surface area contributed by atoms with Crippen LogP contribution in [0.3, 0.4) is 0 Å². The second-order valence-electron chi connectivity index (χ2n) is 26.6. The van der Waals surface area contributed by atoms with Crippen LogP contribution in [0.2, 0.25) is 0 Å². The van der Waals surface area contributed by atoms with E-state index in [0.29, 0.717) is 97.1 Å². The number of nitrogens with two attached hydrogens (primary N) is 1. The van der Waals surface area contributed by atoms with Gasteiger partial charge in [-0.3, -0.25) is 62.1 Å². The quantitative estimate of drug-likeness (QED) is 0.0615. The lowest BCUT2D eigenvalue weighted by Crippen LogP contribution is -2.28. The van der Waals surface area contributed by atoms with Crippen molar-refractivity contribution in [3.8, 4) is 45.0 Å². The number of anilines is 1. The van der Waals surface area contributed by atoms with Crippen LogP contribution in [-0.4, -0.2) is 109 Å². The van der Waals surface area contributed by atoms with E-state index in [4.69, 9.17) is 5.73 Å². The number of nitrogens with one attached hydrogen (secondary N) is 3. The van der Waals surface area contributed by atoms with Gasteiger partial charge < -0.3 is 20.7 Å². The molecular weight excluding hydrogens is 1190 g/mol. The summed E-state index contributed by atoms with van der Waals surface area (Å²) in [6.07, 6.45) is 6.28. The zero-order valence-corrected chi connectivity index (χ0v) is 53.5. The fourth-order valence-corrected chi connectivity index (χ4v) is 12.0. The molecule has 4 heterocycles. The molecule has 0 saturated heterocycles. The van der Waals surface area contributed by atoms with Gasteiger partial charge >= 0.3 is 0 Å². The van der Waals surface area contributed by atoms with E-state index >= 15 is 0 Å². The highest BCUT2D eigenvalue weighted by molar-refractivity contribution is 6.54. The minimum Gasteiger partial charge on any atom is -0.399 e. The highest BCUT2D eigenvalue weighted by Gasteiger charge is 2.43. The molecule has 478 valence electrons. The molecule has 4 aromatic heterocycles. The summed E-state index contributed by atoms with van der Waals surface area (Å²) in [5, 5.41) is 0. The third kappa shape index (κ3) is 11.9. The molecule has 0 radical (unpaired) electrons. The summed E-state index contributed by atoms with van der Waals surface area (Å²) in [6, 6.07) is 20.7. The SMILES string of the molecule is CC(=O)Cc1ccc2c(c1)C(=O)C(=O)c1[nH]c(C(C)C)nc1-2.CC(C)c1nc2c([nH]1)C(=O)C(=O)c1cc(CC(=O)C3CC3)ccc1-2.CC(C)c1nc2c([nH]1)C(=O)C(=O)c1cc(N)ccc1-2.CC(C)c1nc2c(n1C(=O)C1CC1)C(=O)C(=O)c1cc(CC(=O)C3CC3)ccc1-2. The minimum absolute atomic E-state index is 0.0112. The van der Waals surface area contributed by atoms with Gasteiger partial charge in [-0.15, -0.1) is 0 Å². The molecule has 7 aliphatic carbocycles. The van der Waals surface area contributed by atoms with Crippen LogP contribution in [0, 0.1) is 17.8 Å². The number of hydrogen-bond donors (Lipinski definition) is 4. The predicted molar refractivity (Wildman–Crippen MR) is 346 cm³/mol. The maximum Gasteiger partial charge on any atom is 0.252 e. The largest absolute Gasteiger partial charge is 0.399 e. The van der Waals surface area contributed by atoms with Crippen molar-refractivity contribution in [2.24, 2.45) is 17.8 Å². The van der Waals surface area contributed by atoms with Crippen molar-refractivity contribution in [3.05, 3.63) is 158 Å². The second-order valence-corrected chi connectivity index (χ2v) is 26.6. The van der Waals surface area contributed by atoms with Gasteiger partial charge in [0.15, 0.2) is 0 Å². The third-order valence-electron chi connectivity index (χ3n) is 17.7. The van der Waals surface area contributed by atoms with E-state index in [1.165, 1.54) is 17.6 Å². The van der Waals surface area contributed by atoms with Gasteiger partial charge in [-0.05, 0) is 98.5 Å². The number of nitrogens with zero attached hydrogens (tertiary/aromatic N) is 5. The first-order chi connectivity index (χ1) is 44.7. The van der Waals surface area contributed by atoms with Crippen molar-refractivity contribution < 1.29 is 57.5 Å². The minimum atomic E-state index is -0.688. The first-order valence-electron chi connectivity index (χ1n) is 31.9. The molecule has 8 aromatic rings. The second kappa shape index (κ2) is 24.6. The molecule has 0 bridgehead atoms. The van der Waals surface area contributed by atoms with Crippen LogP contribution in [0.25, 0.3) is 45.0 Å². The number of fused-ring (bicyclic) bond motifs is 12. The Kier molecular flexibility index (Phi) is 16.6. The van der Waals surface area contributed by atoms with Crippen LogP contribution in [0.5, 0.6) is 0 Å². The maximum absolute atomic E-state index is 13.0. The van der Waals surface area contributed by atoms with Gasteiger partial charge in [0, 0.05) is 111 Å². The van der Waals surface area contributed by atoms with E-state index in [9.17, 15) is 57.5 Å². The Bertz CT molecular complexity index is 4680. The lowest BCUT2D eigenvalue weighted by atomic mass is 9.88. The Labute approximate surface area is 540 Å². The molecule has 21 heteroatoms. The summed E-state index contributed by atoms with van der Waals surface area (Å²) in [4.78, 5) is 175. The van der Waals surface area contributed by atoms with E-state index in [0.717, 1.165) is 55.2 Å². The van der Waals surface area contributed by atoms with Crippen molar-refractivity contribution in [1.29, 1.82) is 0 Å². The fraction of sp³-hybridized carbons (Fsp3) is 0.342. The van der Waals surface area contributed by atoms with Crippen molar-refractivity contribution in [2.75, 3.05) is 5.73 Å². The molecule has 15 rings (SSSR count). The smallest absolute Gasteiger partial charge is 0.252 e. The fourth-order valence-electron chi connectivity index (χ4n) is 12.0. The summed E-state index contributed by atoms with van der Waals surface area (Å²) in [5.74, 6) is -1.12. The zero-order valence-electron chi connectivity index (χ0n) is 53.5. The van der Waals surface area contributed by atoms with Crippen molar-refractivity contribution in [1.82, 2.24) is 39.5 Å². The van der Waals surface area contributed by atoms with E-state index in [2.05, 4.69) is 34.9 Å². The van der Waals surface area contributed by atoms with Crippen LogP contribution < -0.4 is 5.73 Å². The summed E-state index contributed by atoms with van der Waals surface area (Å²) >= 11 is 0. The van der Waals surface area contributed by atoms with Crippen molar-refractivity contribution in [3.63, 3.8) is 0 Å². The van der Waals surface area contributed by atoms with Crippen molar-refractivity contribution in [2.45, 2.75) is 144 Å². The number of carbonyl (C=O) groups excluding carboxylic acids is 12. The first-order valence-corrected chi connectivity index (χ1v) is 31.9. The summed E-state index contributed by atoms with van der Waals surface area (Å²) in [7, 11) is 0. The number of imidazole rings is 4. The first kappa shape index (κ1) is 63.7. The molecule has 7 aliphatic rings. The molecule has 0 aliphatic heterocycles. The molecule has 0 amide bonds. The summed E-state index contributed by atoms with van der Waals surface area (Å²) in [6.45, 7) is 17.2. The van der Waals surface area contributed by atoms with Gasteiger partial charge in [-0.1, -0.05) is 91.8 Å². The molecule has 21 nitrogen and oxygen atoms in total. The molecule has 0 unspecified atom stereocenters. The highest BCUT2D eigenvalue weighted by Crippen LogP contribution is 2.42. The van der Waals surface area contributed by atoms with Gasteiger partial charge in [-0.25, -0.2) is 19.9 Å². The van der Waals surface area contributed by atoms with E-state index in [1.54, 1.807) is 54.6 Å². The monoisotopic (exact) mass is 1260 g/mol. The summed E-state index contributed by atoms with van der Waals surface area (Å²) < 4.78 is 1.39. The molecule has 94 heavy (non-hydrogen) atoms. The van der Waals surface area contributed by atoms with Gasteiger partial charge in [0.05, 0.1) is 0 Å². The van der Waals surface area contributed by atoms with Gasteiger partial charge in [0.25, 0.3) is 23.1 Å². The summed E-state index contributed by atoms with van der Waals surface area (Å²) in [5.41, 5.74) is 15.2. The molecular formula is C73H69N9O12. The highest BCUT2D eigenvalue weighted by atomic mass is 16.2. The molecule has 0 atom stereocenters. The number of ketones is 11. The number of H-pyrrole nitrogens is 3. The molecule has 4 aromatic carbocycles. The Morgan fingerprint density at radius 3 is 1.11 bits per heavy atom. The number of carbonyl (C=O) groups is 12. The van der Waals surface area contributed by atoms with Crippen LogP contribution in [0.15, 0.2) is 72.8 Å². The average molecular weight is 1260 g/mol.